The maximum Gasteiger partial charge on any atom is 0.137 e. The third kappa shape index (κ3) is 2.65. The van der Waals surface area contributed by atoms with Gasteiger partial charge in [-0.1, -0.05) is 0 Å². The fraction of sp³-hybridized carbons (Fsp3) is 0.636. The van der Waals surface area contributed by atoms with Gasteiger partial charge in [0.1, 0.15) is 5.78 Å². The highest BCUT2D eigenvalue weighted by atomic mass is 16.1. The lowest BCUT2D eigenvalue weighted by atomic mass is 9.98. The van der Waals surface area contributed by atoms with Gasteiger partial charge in [-0.3, -0.25) is 9.48 Å². The minimum Gasteiger partial charge on any atom is -0.316 e. The molecule has 0 radical (unpaired) electrons. The van der Waals surface area contributed by atoms with Gasteiger partial charge in [0.15, 0.2) is 0 Å². The van der Waals surface area contributed by atoms with Gasteiger partial charge in [-0.05, 0) is 24.9 Å². The number of aromatic nitrogens is 2. The lowest BCUT2D eigenvalue weighted by molar-refractivity contribution is -0.122. The van der Waals surface area contributed by atoms with E-state index in [-0.39, 0.29) is 5.92 Å². The topological polar surface area (TPSA) is 46.9 Å². The minimum absolute atomic E-state index is 0.252. The molecule has 1 unspecified atom stereocenters. The number of hydrogen-bond acceptors (Lipinski definition) is 3. The normalized spacial score (nSPS) is 20.7. The SMILES string of the molecule is Cn1cc(CCC(=O)C2CCNC2)cn1. The predicted molar refractivity (Wildman–Crippen MR) is 57.5 cm³/mol. The van der Waals surface area contributed by atoms with Gasteiger partial charge < -0.3 is 5.32 Å². The molecule has 82 valence electrons. The molecule has 0 aromatic carbocycles. The fourth-order valence-corrected chi connectivity index (χ4v) is 2.00. The average Bonchev–Trinajstić information content (AvgIpc) is 2.84. The van der Waals surface area contributed by atoms with Crippen LogP contribution in [0.3, 0.4) is 0 Å². The fourth-order valence-electron chi connectivity index (χ4n) is 2.00. The van der Waals surface area contributed by atoms with Gasteiger partial charge in [-0.15, -0.1) is 0 Å². The summed E-state index contributed by atoms with van der Waals surface area (Å²) in [5.41, 5.74) is 1.15. The molecule has 15 heavy (non-hydrogen) atoms. The Balaban J connectivity index is 1.80. The van der Waals surface area contributed by atoms with Crippen molar-refractivity contribution >= 4 is 5.78 Å². The van der Waals surface area contributed by atoms with Crippen LogP contribution in [-0.4, -0.2) is 28.7 Å². The van der Waals surface area contributed by atoms with Gasteiger partial charge in [0, 0.05) is 32.1 Å². The van der Waals surface area contributed by atoms with Crippen molar-refractivity contribution in [3.05, 3.63) is 18.0 Å². The van der Waals surface area contributed by atoms with Crippen LogP contribution in [-0.2, 0) is 18.3 Å². The van der Waals surface area contributed by atoms with Gasteiger partial charge in [-0.25, -0.2) is 0 Å². The van der Waals surface area contributed by atoms with E-state index in [0.29, 0.717) is 12.2 Å². The van der Waals surface area contributed by atoms with Crippen LogP contribution in [0.1, 0.15) is 18.4 Å². The summed E-state index contributed by atoms with van der Waals surface area (Å²) in [5, 5.41) is 7.30. The first-order valence-electron chi connectivity index (χ1n) is 5.46. The lowest BCUT2D eigenvalue weighted by Gasteiger charge is -2.05. The molecular formula is C11H17N3O. The van der Waals surface area contributed by atoms with E-state index in [2.05, 4.69) is 10.4 Å². The van der Waals surface area contributed by atoms with Crippen LogP contribution in [0.15, 0.2) is 12.4 Å². The van der Waals surface area contributed by atoms with Crippen LogP contribution >= 0.6 is 0 Å². The zero-order valence-corrected chi connectivity index (χ0v) is 9.07. The number of rotatable bonds is 4. The van der Waals surface area contributed by atoms with E-state index in [1.54, 1.807) is 4.68 Å². The molecule has 1 N–H and O–H groups in total. The molecule has 1 aliphatic rings. The summed E-state index contributed by atoms with van der Waals surface area (Å²) >= 11 is 0. The molecule has 0 saturated carbocycles. The summed E-state index contributed by atoms with van der Waals surface area (Å²) in [6, 6.07) is 0. The average molecular weight is 207 g/mol. The van der Waals surface area contributed by atoms with Gasteiger partial charge in [0.2, 0.25) is 0 Å². The van der Waals surface area contributed by atoms with E-state index in [1.165, 1.54) is 0 Å². The summed E-state index contributed by atoms with van der Waals surface area (Å²) in [7, 11) is 1.90. The Morgan fingerprint density at radius 1 is 1.73 bits per heavy atom. The van der Waals surface area contributed by atoms with E-state index in [9.17, 15) is 4.79 Å². The van der Waals surface area contributed by atoms with Crippen LogP contribution < -0.4 is 5.32 Å². The largest absolute Gasteiger partial charge is 0.316 e. The molecule has 0 spiro atoms. The van der Waals surface area contributed by atoms with Crippen molar-refractivity contribution in [2.75, 3.05) is 13.1 Å². The zero-order valence-electron chi connectivity index (χ0n) is 9.07. The highest BCUT2D eigenvalue weighted by Gasteiger charge is 2.21. The molecule has 1 atom stereocenters. The van der Waals surface area contributed by atoms with Crippen molar-refractivity contribution in [2.45, 2.75) is 19.3 Å². The highest BCUT2D eigenvalue weighted by Crippen LogP contribution is 2.12. The summed E-state index contributed by atoms with van der Waals surface area (Å²) < 4.78 is 1.77. The molecule has 0 bridgehead atoms. The van der Waals surface area contributed by atoms with Crippen LogP contribution in [0.25, 0.3) is 0 Å². The number of nitrogens with one attached hydrogen (secondary N) is 1. The molecule has 2 heterocycles. The van der Waals surface area contributed by atoms with Crippen molar-refractivity contribution in [3.8, 4) is 0 Å². The first kappa shape index (κ1) is 10.4. The van der Waals surface area contributed by atoms with Crippen LogP contribution in [0.2, 0.25) is 0 Å². The number of carbonyl (C=O) groups excluding carboxylic acids is 1. The Labute approximate surface area is 89.7 Å². The molecule has 1 aliphatic heterocycles. The molecule has 1 saturated heterocycles. The molecule has 4 nitrogen and oxygen atoms in total. The number of carbonyl (C=O) groups is 1. The Morgan fingerprint density at radius 2 is 2.60 bits per heavy atom. The molecule has 4 heteroatoms. The Bertz CT molecular complexity index is 339. The highest BCUT2D eigenvalue weighted by molar-refractivity contribution is 5.81. The second kappa shape index (κ2) is 4.57. The van der Waals surface area contributed by atoms with E-state index in [4.69, 9.17) is 0 Å². The van der Waals surface area contributed by atoms with Crippen molar-refractivity contribution in [3.63, 3.8) is 0 Å². The molecule has 0 aliphatic carbocycles. The summed E-state index contributed by atoms with van der Waals surface area (Å²) in [6.45, 7) is 1.86. The van der Waals surface area contributed by atoms with Crippen molar-refractivity contribution in [2.24, 2.45) is 13.0 Å². The molecule has 1 fully saturated rings. The monoisotopic (exact) mass is 207 g/mol. The third-order valence-corrected chi connectivity index (χ3v) is 2.93. The van der Waals surface area contributed by atoms with Crippen LogP contribution in [0, 0.1) is 5.92 Å². The van der Waals surface area contributed by atoms with E-state index in [0.717, 1.165) is 31.5 Å². The van der Waals surface area contributed by atoms with Crippen molar-refractivity contribution in [1.82, 2.24) is 15.1 Å². The lowest BCUT2D eigenvalue weighted by Crippen LogP contribution is -2.18. The van der Waals surface area contributed by atoms with Crippen molar-refractivity contribution < 1.29 is 4.79 Å². The first-order chi connectivity index (χ1) is 7.25. The van der Waals surface area contributed by atoms with Crippen molar-refractivity contribution in [1.29, 1.82) is 0 Å². The Morgan fingerprint density at radius 3 is 3.20 bits per heavy atom. The zero-order chi connectivity index (χ0) is 10.7. The second-order valence-corrected chi connectivity index (χ2v) is 4.18. The van der Waals surface area contributed by atoms with E-state index in [1.807, 2.05) is 19.4 Å². The Hall–Kier alpha value is -1.16. The van der Waals surface area contributed by atoms with Crippen LogP contribution in [0.4, 0.5) is 0 Å². The maximum absolute atomic E-state index is 11.8. The van der Waals surface area contributed by atoms with Crippen LogP contribution in [0.5, 0.6) is 0 Å². The first-order valence-corrected chi connectivity index (χ1v) is 5.46. The van der Waals surface area contributed by atoms with Gasteiger partial charge in [-0.2, -0.15) is 5.10 Å². The van der Waals surface area contributed by atoms with E-state index < -0.39 is 0 Å². The van der Waals surface area contributed by atoms with Gasteiger partial charge in [0.25, 0.3) is 0 Å². The van der Waals surface area contributed by atoms with Gasteiger partial charge in [0.05, 0.1) is 6.20 Å². The summed E-state index contributed by atoms with van der Waals surface area (Å²) in [5.74, 6) is 0.644. The molecule has 1 aromatic rings. The number of Topliss-reactive ketones (excluding diaryl/α,β-unsaturated/α-hetero) is 1. The van der Waals surface area contributed by atoms with E-state index >= 15 is 0 Å². The molecule has 2 rings (SSSR count). The molecule has 0 amide bonds. The number of hydrogen-bond donors (Lipinski definition) is 1. The smallest absolute Gasteiger partial charge is 0.137 e. The molecule has 1 aromatic heterocycles. The van der Waals surface area contributed by atoms with Gasteiger partial charge >= 0.3 is 0 Å². The standard InChI is InChI=1S/C11H17N3O/c1-14-8-9(6-13-14)2-3-11(15)10-4-5-12-7-10/h6,8,10,12H,2-5,7H2,1H3. The summed E-state index contributed by atoms with van der Waals surface area (Å²) in [6.07, 6.45) is 6.29. The second-order valence-electron chi connectivity index (χ2n) is 4.18. The Kier molecular flexibility index (Phi) is 3.16. The maximum atomic E-state index is 11.8. The molecular weight excluding hydrogens is 190 g/mol. The predicted octanol–water partition coefficient (Wildman–Crippen LogP) is 0.531. The number of aryl methyl sites for hydroxylation is 2. The third-order valence-electron chi connectivity index (χ3n) is 2.93. The number of nitrogens with zero attached hydrogens (tertiary/aromatic N) is 2. The minimum atomic E-state index is 0.252. The number of ketones is 1. The summed E-state index contributed by atoms with van der Waals surface area (Å²) in [4.78, 5) is 11.8. The quantitative estimate of drug-likeness (QED) is 0.783.